The second-order valence-electron chi connectivity index (χ2n) is 9.95. The van der Waals surface area contributed by atoms with Crippen molar-refractivity contribution in [3.05, 3.63) is 71.7 Å². The van der Waals surface area contributed by atoms with Crippen molar-refractivity contribution in [2.45, 2.75) is 48.8 Å². The number of ether oxygens (including phenoxy) is 1. The van der Waals surface area contributed by atoms with E-state index in [4.69, 9.17) is 9.84 Å². The van der Waals surface area contributed by atoms with E-state index >= 15 is 0 Å². The number of nitrogens with one attached hydrogen (secondary N) is 2. The fourth-order valence-corrected chi connectivity index (χ4v) is 5.96. The van der Waals surface area contributed by atoms with Crippen molar-refractivity contribution in [3.63, 3.8) is 0 Å². The SMILES string of the molecule is COc1ccc2nccc(-n3cc4c(n3)CCC(NC(=O)c3ccc5c(c3)NC(=O)C(C)(C)S5)C4)c2c1. The smallest absolute Gasteiger partial charge is 0.251 e. The molecular weight excluding hydrogens is 486 g/mol. The minimum absolute atomic E-state index is 0.00543. The van der Waals surface area contributed by atoms with Gasteiger partial charge in [0.25, 0.3) is 5.91 Å². The largest absolute Gasteiger partial charge is 0.497 e. The van der Waals surface area contributed by atoms with Crippen LogP contribution in [0.3, 0.4) is 0 Å². The number of carbonyl (C=O) groups excluding carboxylic acids is 2. The van der Waals surface area contributed by atoms with Gasteiger partial charge in [-0.25, -0.2) is 4.68 Å². The van der Waals surface area contributed by atoms with E-state index in [2.05, 4.69) is 21.8 Å². The van der Waals surface area contributed by atoms with E-state index in [1.807, 2.05) is 54.9 Å². The normalized spacial score (nSPS) is 18.0. The summed E-state index contributed by atoms with van der Waals surface area (Å²) in [4.78, 5) is 30.9. The lowest BCUT2D eigenvalue weighted by Gasteiger charge is -2.30. The van der Waals surface area contributed by atoms with Crippen LogP contribution < -0.4 is 15.4 Å². The van der Waals surface area contributed by atoms with Gasteiger partial charge >= 0.3 is 0 Å². The number of benzene rings is 2. The van der Waals surface area contributed by atoms with E-state index in [-0.39, 0.29) is 17.9 Å². The summed E-state index contributed by atoms with van der Waals surface area (Å²) in [6.07, 6.45) is 6.14. The molecule has 2 N–H and O–H groups in total. The summed E-state index contributed by atoms with van der Waals surface area (Å²) in [5.41, 5.74) is 5.22. The Hall–Kier alpha value is -3.85. The molecule has 188 valence electrons. The lowest BCUT2D eigenvalue weighted by molar-refractivity contribution is -0.117. The van der Waals surface area contributed by atoms with Crippen molar-refractivity contribution in [1.29, 1.82) is 0 Å². The molecule has 1 aliphatic carbocycles. The van der Waals surface area contributed by atoms with Crippen LogP contribution in [0.25, 0.3) is 16.6 Å². The molecule has 0 saturated heterocycles. The Kier molecular flexibility index (Phi) is 5.67. The summed E-state index contributed by atoms with van der Waals surface area (Å²) >= 11 is 1.51. The molecule has 0 spiro atoms. The van der Waals surface area contributed by atoms with Crippen LogP contribution in [0.4, 0.5) is 5.69 Å². The summed E-state index contributed by atoms with van der Waals surface area (Å²) in [5, 5.41) is 11.9. The van der Waals surface area contributed by atoms with Crippen LogP contribution in [-0.4, -0.2) is 44.5 Å². The summed E-state index contributed by atoms with van der Waals surface area (Å²) < 4.78 is 6.78. The second kappa shape index (κ2) is 8.92. The maximum atomic E-state index is 13.1. The Morgan fingerprint density at radius 2 is 2.08 bits per heavy atom. The number of rotatable bonds is 4. The standard InChI is InChI=1S/C28H27N5O3S/c1-28(2)27(35)31-23-13-16(4-9-25(23)37-28)26(34)30-18-5-7-21-17(12-18)15-33(32-21)24-10-11-29-22-8-6-19(36-3)14-20(22)24/h4,6,8-11,13-15,18H,5,7,12H2,1-3H3,(H,30,34)(H,31,35). The minimum Gasteiger partial charge on any atom is -0.497 e. The van der Waals surface area contributed by atoms with Gasteiger partial charge in [-0.3, -0.25) is 14.6 Å². The van der Waals surface area contributed by atoms with Gasteiger partial charge in [-0.15, -0.1) is 11.8 Å². The molecule has 0 fully saturated rings. The number of fused-ring (bicyclic) bond motifs is 3. The number of thioether (sulfide) groups is 1. The molecule has 2 aromatic carbocycles. The Labute approximate surface area is 218 Å². The van der Waals surface area contributed by atoms with Crippen LogP contribution in [0.5, 0.6) is 5.75 Å². The van der Waals surface area contributed by atoms with E-state index < -0.39 is 4.75 Å². The van der Waals surface area contributed by atoms with Crippen LogP contribution in [0.1, 0.15) is 41.9 Å². The number of amides is 2. The number of anilines is 1. The Morgan fingerprint density at radius 1 is 1.22 bits per heavy atom. The zero-order valence-corrected chi connectivity index (χ0v) is 21.7. The lowest BCUT2D eigenvalue weighted by atomic mass is 9.93. The zero-order chi connectivity index (χ0) is 25.7. The number of aryl methyl sites for hydroxylation is 1. The van der Waals surface area contributed by atoms with E-state index in [0.717, 1.165) is 51.3 Å². The molecule has 4 aromatic rings. The van der Waals surface area contributed by atoms with Crippen LogP contribution in [0, 0.1) is 0 Å². The summed E-state index contributed by atoms with van der Waals surface area (Å²) in [6, 6.07) is 13.3. The van der Waals surface area contributed by atoms with Crippen molar-refractivity contribution in [3.8, 4) is 11.4 Å². The molecule has 1 aliphatic heterocycles. The van der Waals surface area contributed by atoms with Gasteiger partial charge in [-0.05, 0) is 81.1 Å². The number of hydrogen-bond acceptors (Lipinski definition) is 6. The minimum atomic E-state index is -0.532. The highest BCUT2D eigenvalue weighted by Crippen LogP contribution is 2.42. The van der Waals surface area contributed by atoms with Gasteiger partial charge in [0.1, 0.15) is 5.75 Å². The number of hydrogen-bond donors (Lipinski definition) is 2. The van der Waals surface area contributed by atoms with Crippen LogP contribution in [0.2, 0.25) is 0 Å². The molecular formula is C28H27N5O3S. The third-order valence-electron chi connectivity index (χ3n) is 6.98. The van der Waals surface area contributed by atoms with Gasteiger partial charge in [-0.1, -0.05) is 0 Å². The molecule has 8 nitrogen and oxygen atoms in total. The fraction of sp³-hybridized carbons (Fsp3) is 0.286. The quantitative estimate of drug-likeness (QED) is 0.416. The number of methoxy groups -OCH3 is 1. The molecule has 9 heteroatoms. The van der Waals surface area contributed by atoms with Gasteiger partial charge in [0.15, 0.2) is 0 Å². The second-order valence-corrected chi connectivity index (χ2v) is 11.6. The monoisotopic (exact) mass is 513 g/mol. The van der Waals surface area contributed by atoms with Crippen LogP contribution in [0.15, 0.2) is 59.8 Å². The first kappa shape index (κ1) is 23.5. The van der Waals surface area contributed by atoms with E-state index in [9.17, 15) is 9.59 Å². The van der Waals surface area contributed by atoms with E-state index in [0.29, 0.717) is 17.7 Å². The molecule has 3 heterocycles. The van der Waals surface area contributed by atoms with Crippen molar-refractivity contribution in [2.75, 3.05) is 12.4 Å². The highest BCUT2D eigenvalue weighted by Gasteiger charge is 2.34. The number of carbonyl (C=O) groups is 2. The maximum absolute atomic E-state index is 13.1. The first-order valence-corrected chi connectivity index (χ1v) is 13.1. The molecule has 2 amide bonds. The molecule has 1 unspecified atom stereocenters. The molecule has 6 rings (SSSR count). The van der Waals surface area contributed by atoms with Crippen LogP contribution >= 0.6 is 11.8 Å². The van der Waals surface area contributed by atoms with Crippen molar-refractivity contribution in [1.82, 2.24) is 20.1 Å². The Balaban J connectivity index is 1.20. The van der Waals surface area contributed by atoms with Gasteiger partial charge in [0.05, 0.1) is 34.4 Å². The average molecular weight is 514 g/mol. The zero-order valence-electron chi connectivity index (χ0n) is 20.9. The van der Waals surface area contributed by atoms with Gasteiger partial charge in [-0.2, -0.15) is 5.10 Å². The van der Waals surface area contributed by atoms with Crippen molar-refractivity contribution in [2.24, 2.45) is 0 Å². The van der Waals surface area contributed by atoms with E-state index in [1.165, 1.54) is 11.8 Å². The molecule has 2 aliphatic rings. The Morgan fingerprint density at radius 3 is 2.92 bits per heavy atom. The molecule has 1 atom stereocenters. The average Bonchev–Trinajstić information content (AvgIpc) is 3.31. The van der Waals surface area contributed by atoms with Gasteiger partial charge in [0, 0.05) is 34.3 Å². The molecule has 2 aromatic heterocycles. The summed E-state index contributed by atoms with van der Waals surface area (Å²) in [5.74, 6) is 0.574. The highest BCUT2D eigenvalue weighted by molar-refractivity contribution is 8.01. The topological polar surface area (TPSA) is 98.1 Å². The fourth-order valence-electron chi connectivity index (χ4n) is 4.91. The number of nitrogens with zero attached hydrogens (tertiary/aromatic N) is 3. The van der Waals surface area contributed by atoms with Crippen molar-refractivity contribution >= 4 is 40.2 Å². The molecule has 0 saturated carbocycles. The maximum Gasteiger partial charge on any atom is 0.251 e. The van der Waals surface area contributed by atoms with E-state index in [1.54, 1.807) is 19.4 Å². The first-order valence-electron chi connectivity index (χ1n) is 12.3. The molecule has 0 radical (unpaired) electrons. The number of aromatic nitrogens is 3. The Bertz CT molecular complexity index is 1560. The van der Waals surface area contributed by atoms with Crippen molar-refractivity contribution < 1.29 is 14.3 Å². The third-order valence-corrected chi connectivity index (χ3v) is 8.25. The summed E-state index contributed by atoms with van der Waals surface area (Å²) in [7, 11) is 1.65. The third kappa shape index (κ3) is 4.33. The molecule has 37 heavy (non-hydrogen) atoms. The highest BCUT2D eigenvalue weighted by atomic mass is 32.2. The molecule has 0 bridgehead atoms. The van der Waals surface area contributed by atoms with Gasteiger partial charge in [0.2, 0.25) is 5.91 Å². The predicted molar refractivity (Wildman–Crippen MR) is 144 cm³/mol. The first-order chi connectivity index (χ1) is 17.8. The predicted octanol–water partition coefficient (Wildman–Crippen LogP) is 4.54. The van der Waals surface area contributed by atoms with Gasteiger partial charge < -0.3 is 15.4 Å². The van der Waals surface area contributed by atoms with Crippen LogP contribution in [-0.2, 0) is 17.6 Å². The lowest BCUT2D eigenvalue weighted by Crippen LogP contribution is -2.39. The summed E-state index contributed by atoms with van der Waals surface area (Å²) in [6.45, 7) is 3.79. The number of pyridine rings is 1.